The van der Waals surface area contributed by atoms with Crippen molar-refractivity contribution in [3.63, 3.8) is 0 Å². The maximum Gasteiger partial charge on any atom is 0.108 e. The highest BCUT2D eigenvalue weighted by molar-refractivity contribution is 7.20. The summed E-state index contributed by atoms with van der Waals surface area (Å²) >= 11 is 1.83. The van der Waals surface area contributed by atoms with Crippen LogP contribution in [0.25, 0.3) is 53.5 Å². The average Bonchev–Trinajstić information content (AvgIpc) is 3.37. The van der Waals surface area contributed by atoms with E-state index in [1.165, 1.54) is 53.8 Å². The Bertz CT molecular complexity index is 1870. The largest absolute Gasteiger partial charge is 0.247 e. The summed E-state index contributed by atoms with van der Waals surface area (Å²) in [4.78, 5) is 13.4. The van der Waals surface area contributed by atoms with Gasteiger partial charge in [-0.05, 0) is 56.6 Å². The highest BCUT2D eigenvalue weighted by Crippen LogP contribution is 2.59. The van der Waals surface area contributed by atoms with E-state index in [4.69, 9.17) is 9.97 Å². The van der Waals surface area contributed by atoms with Crippen LogP contribution in [0.1, 0.15) is 58.3 Å². The summed E-state index contributed by atoms with van der Waals surface area (Å²) in [7, 11) is 0. The number of benzene rings is 4. The minimum Gasteiger partial charge on any atom is -0.247 e. The number of hydrogen-bond donors (Lipinski definition) is 0. The van der Waals surface area contributed by atoms with Crippen LogP contribution in [0.3, 0.4) is 0 Å². The van der Waals surface area contributed by atoms with E-state index in [0.717, 1.165) is 17.5 Å². The van der Waals surface area contributed by atoms with Gasteiger partial charge in [0.2, 0.25) is 0 Å². The highest BCUT2D eigenvalue weighted by Gasteiger charge is 2.53. The third kappa shape index (κ3) is 3.24. The van der Waals surface area contributed by atoms with Gasteiger partial charge in [-0.25, -0.2) is 9.97 Å². The van der Waals surface area contributed by atoms with Crippen LogP contribution in [0.5, 0.6) is 0 Å². The first-order chi connectivity index (χ1) is 18.3. The van der Waals surface area contributed by atoms with Crippen molar-refractivity contribution in [3.8, 4) is 20.9 Å². The van der Waals surface area contributed by atoms with Crippen molar-refractivity contribution in [2.24, 2.45) is 5.41 Å². The van der Waals surface area contributed by atoms with Gasteiger partial charge in [0.05, 0.1) is 21.1 Å². The van der Waals surface area contributed by atoms with Gasteiger partial charge in [-0.3, -0.25) is 0 Å². The molecule has 0 fully saturated rings. The third-order valence-electron chi connectivity index (χ3n) is 9.39. The maximum absolute atomic E-state index is 5.52. The molecule has 0 aliphatic heterocycles. The van der Waals surface area contributed by atoms with Crippen molar-refractivity contribution < 1.29 is 0 Å². The molecule has 6 aromatic rings. The van der Waals surface area contributed by atoms with E-state index in [2.05, 4.69) is 120 Å². The van der Waals surface area contributed by atoms with Crippen LogP contribution in [0.4, 0.5) is 0 Å². The highest BCUT2D eigenvalue weighted by atomic mass is 32.1. The van der Waals surface area contributed by atoms with Gasteiger partial charge in [-0.2, -0.15) is 0 Å². The van der Waals surface area contributed by atoms with Crippen LogP contribution in [0.15, 0.2) is 84.9 Å². The fourth-order valence-electron chi connectivity index (χ4n) is 6.51. The molecule has 2 heterocycles. The molecule has 7 rings (SSSR count). The zero-order chi connectivity index (χ0) is 26.2. The maximum atomic E-state index is 5.52. The molecule has 1 atom stereocenters. The Labute approximate surface area is 228 Å². The predicted molar refractivity (Wildman–Crippen MR) is 163 cm³/mol. The molecule has 1 aliphatic rings. The summed E-state index contributed by atoms with van der Waals surface area (Å²) in [5.41, 5.74) is 6.89. The Morgan fingerprint density at radius 3 is 1.68 bits per heavy atom. The summed E-state index contributed by atoms with van der Waals surface area (Å²) in [5.74, 6) is 0.387. The molecule has 0 amide bonds. The standard InChI is InChI=1S/C35H32N2S/c1-6-27-28-33(35(4,5)34(27,2)3)37-30-29(36-28)31(25-17-15-21-11-7-9-13-23(21)19-25)38-32(30)26-18-16-22-12-8-10-14-24(22)20-26/h7-20,27H,6H2,1-5H3. The molecule has 1 aliphatic carbocycles. The van der Waals surface area contributed by atoms with E-state index in [0.29, 0.717) is 5.92 Å². The van der Waals surface area contributed by atoms with Gasteiger partial charge < -0.3 is 0 Å². The molecular weight excluding hydrogens is 480 g/mol. The normalized spacial score (nSPS) is 17.9. The van der Waals surface area contributed by atoms with Crippen LogP contribution >= 0.6 is 11.3 Å². The smallest absolute Gasteiger partial charge is 0.108 e. The summed E-state index contributed by atoms with van der Waals surface area (Å²) in [6.07, 6.45) is 1.07. The Morgan fingerprint density at radius 1 is 0.658 bits per heavy atom. The first-order valence-electron chi connectivity index (χ1n) is 13.6. The van der Waals surface area contributed by atoms with Crippen LogP contribution in [-0.4, -0.2) is 9.97 Å². The van der Waals surface area contributed by atoms with Crippen LogP contribution < -0.4 is 0 Å². The molecule has 2 nitrogen and oxygen atoms in total. The van der Waals surface area contributed by atoms with Crippen LogP contribution in [0.2, 0.25) is 0 Å². The minimum atomic E-state index is -0.0596. The Morgan fingerprint density at radius 2 is 1.16 bits per heavy atom. The SMILES string of the molecule is CCC1c2nc3c(-c4ccc5ccccc5c4)sc(-c4ccc5ccccc5c4)c3nc2C(C)(C)C1(C)C. The second kappa shape index (κ2) is 8.22. The van der Waals surface area contributed by atoms with Crippen molar-refractivity contribution in [1.29, 1.82) is 0 Å². The molecule has 188 valence electrons. The minimum absolute atomic E-state index is 0.0596. The van der Waals surface area contributed by atoms with E-state index < -0.39 is 0 Å². The van der Waals surface area contributed by atoms with E-state index in [1.54, 1.807) is 0 Å². The molecule has 1 unspecified atom stereocenters. The summed E-state index contributed by atoms with van der Waals surface area (Å²) in [6, 6.07) is 30.7. The van der Waals surface area contributed by atoms with Gasteiger partial charge in [0.25, 0.3) is 0 Å². The zero-order valence-corrected chi connectivity index (χ0v) is 23.5. The van der Waals surface area contributed by atoms with Gasteiger partial charge in [0.15, 0.2) is 0 Å². The molecule has 0 spiro atoms. The molecule has 0 saturated carbocycles. The van der Waals surface area contributed by atoms with E-state index in [-0.39, 0.29) is 10.8 Å². The number of rotatable bonds is 3. The quantitative estimate of drug-likeness (QED) is 0.236. The summed E-state index contributed by atoms with van der Waals surface area (Å²) in [6.45, 7) is 11.8. The number of fused-ring (bicyclic) bond motifs is 4. The molecule has 0 saturated heterocycles. The van der Waals surface area contributed by atoms with Gasteiger partial charge >= 0.3 is 0 Å². The fraction of sp³-hybridized carbons (Fsp3) is 0.257. The summed E-state index contributed by atoms with van der Waals surface area (Å²) < 4.78 is 0. The number of nitrogens with zero attached hydrogens (tertiary/aromatic N) is 2. The Kier molecular flexibility index (Phi) is 5.09. The second-order valence-corrected chi connectivity index (χ2v) is 12.9. The molecule has 0 radical (unpaired) electrons. The number of thiophene rings is 1. The molecule has 4 aromatic carbocycles. The van der Waals surface area contributed by atoms with Gasteiger partial charge in [0.1, 0.15) is 11.0 Å². The van der Waals surface area contributed by atoms with Crippen molar-refractivity contribution in [1.82, 2.24) is 9.97 Å². The number of aromatic nitrogens is 2. The third-order valence-corrected chi connectivity index (χ3v) is 10.7. The first-order valence-corrected chi connectivity index (χ1v) is 14.4. The monoisotopic (exact) mass is 512 g/mol. The number of hydrogen-bond acceptors (Lipinski definition) is 3. The van der Waals surface area contributed by atoms with Crippen molar-refractivity contribution in [2.45, 2.75) is 52.4 Å². The zero-order valence-electron chi connectivity index (χ0n) is 22.7. The second-order valence-electron chi connectivity index (χ2n) is 11.8. The van der Waals surface area contributed by atoms with Crippen LogP contribution in [0, 0.1) is 5.41 Å². The van der Waals surface area contributed by atoms with Gasteiger partial charge in [0, 0.05) is 11.3 Å². The first kappa shape index (κ1) is 23.5. The molecule has 0 bridgehead atoms. The lowest BCUT2D eigenvalue weighted by atomic mass is 9.65. The lowest BCUT2D eigenvalue weighted by Crippen LogP contribution is -2.35. The molecule has 3 heteroatoms. The lowest BCUT2D eigenvalue weighted by Gasteiger charge is -2.38. The van der Waals surface area contributed by atoms with E-state index in [9.17, 15) is 0 Å². The summed E-state index contributed by atoms with van der Waals surface area (Å²) in [5, 5.41) is 5.02. The molecule has 38 heavy (non-hydrogen) atoms. The predicted octanol–water partition coefficient (Wildman–Crippen LogP) is 10.1. The fourth-order valence-corrected chi connectivity index (χ4v) is 7.68. The molecule has 0 N–H and O–H groups in total. The van der Waals surface area contributed by atoms with Crippen molar-refractivity contribution in [3.05, 3.63) is 96.3 Å². The van der Waals surface area contributed by atoms with E-state index in [1.807, 2.05) is 11.3 Å². The van der Waals surface area contributed by atoms with Gasteiger partial charge in [-0.1, -0.05) is 107 Å². The van der Waals surface area contributed by atoms with E-state index >= 15 is 0 Å². The van der Waals surface area contributed by atoms with Crippen LogP contribution in [-0.2, 0) is 5.41 Å². The topological polar surface area (TPSA) is 25.8 Å². The Hall–Kier alpha value is -3.56. The molecule has 2 aromatic heterocycles. The lowest BCUT2D eigenvalue weighted by molar-refractivity contribution is 0.175. The van der Waals surface area contributed by atoms with Gasteiger partial charge in [-0.15, -0.1) is 11.3 Å². The van der Waals surface area contributed by atoms with Crippen molar-refractivity contribution in [2.75, 3.05) is 0 Å². The Balaban J connectivity index is 1.54. The molecular formula is C35H32N2S. The average molecular weight is 513 g/mol. The van der Waals surface area contributed by atoms with Crippen molar-refractivity contribution >= 4 is 43.9 Å².